The minimum Gasteiger partial charge on any atom is -0.480 e. The Labute approximate surface area is 324 Å². The van der Waals surface area contributed by atoms with Gasteiger partial charge in [-0.2, -0.15) is 4.31 Å². The van der Waals surface area contributed by atoms with Crippen LogP contribution in [0.15, 0.2) is 65.7 Å². The number of sulfonamides is 1. The summed E-state index contributed by atoms with van der Waals surface area (Å²) in [7, 11) is -4.34. The Balaban J connectivity index is 1.49. The summed E-state index contributed by atoms with van der Waals surface area (Å²) in [6.45, 7) is 7.32. The van der Waals surface area contributed by atoms with E-state index in [1.165, 1.54) is 36.9 Å². The molecule has 0 spiro atoms. The Kier molecular flexibility index (Phi) is 15.2. The molecule has 6 atom stereocenters. The predicted molar refractivity (Wildman–Crippen MR) is 195 cm³/mol. The number of benzene rings is 2. The highest BCUT2D eigenvalue weighted by atomic mass is 32.2. The largest absolute Gasteiger partial charge is 0.480 e. The quantitative estimate of drug-likeness (QED) is 0.107. The van der Waals surface area contributed by atoms with Gasteiger partial charge in [-0.3, -0.25) is 28.7 Å². The minimum atomic E-state index is -4.34. The number of amides is 1. The maximum Gasteiger partial charge on any atom is 0.322 e. The lowest BCUT2D eigenvalue weighted by Crippen LogP contribution is -2.66. The topological polar surface area (TPSA) is 232 Å². The molecule has 0 radical (unpaired) electrons. The summed E-state index contributed by atoms with van der Waals surface area (Å²) in [4.78, 5) is 60.3. The van der Waals surface area contributed by atoms with Crippen LogP contribution in [-0.2, 0) is 70.8 Å². The zero-order valence-electron chi connectivity index (χ0n) is 31.9. The summed E-state index contributed by atoms with van der Waals surface area (Å²) in [5.74, 6) is -4.57. The number of hydrogen-bond acceptors (Lipinski definition) is 14. The molecule has 2 heterocycles. The van der Waals surface area contributed by atoms with Crippen molar-refractivity contribution in [1.82, 2.24) is 24.6 Å². The van der Waals surface area contributed by atoms with E-state index in [0.717, 1.165) is 29.3 Å². The molecule has 1 amide bonds. The van der Waals surface area contributed by atoms with E-state index in [1.807, 2.05) is 30.3 Å². The number of carboxylic acids is 1. The van der Waals surface area contributed by atoms with Crippen molar-refractivity contribution in [3.8, 4) is 11.1 Å². The monoisotopic (exact) mass is 801 g/mol. The number of ether oxygens (including phenoxy) is 5. The van der Waals surface area contributed by atoms with Crippen LogP contribution in [-0.4, -0.2) is 113 Å². The van der Waals surface area contributed by atoms with Crippen molar-refractivity contribution in [3.05, 3.63) is 66.5 Å². The summed E-state index contributed by atoms with van der Waals surface area (Å²) in [5, 5.41) is 21.0. The number of esters is 3. The van der Waals surface area contributed by atoms with Gasteiger partial charge in [0.1, 0.15) is 24.8 Å². The zero-order valence-corrected chi connectivity index (χ0v) is 32.7. The molecular formula is C37H47N5O13S. The number of aromatic nitrogens is 3. The molecule has 4 rings (SSSR count). The van der Waals surface area contributed by atoms with E-state index in [1.54, 1.807) is 26.0 Å². The van der Waals surface area contributed by atoms with E-state index in [2.05, 4.69) is 15.6 Å². The normalized spacial score (nSPS) is 20.2. The molecule has 2 N–H and O–H groups in total. The highest BCUT2D eigenvalue weighted by molar-refractivity contribution is 7.89. The average molecular weight is 802 g/mol. The first-order valence-corrected chi connectivity index (χ1v) is 19.2. The van der Waals surface area contributed by atoms with E-state index < -0.39 is 82.4 Å². The number of nitrogens with zero attached hydrogens (tertiary/aromatic N) is 4. The van der Waals surface area contributed by atoms with Crippen molar-refractivity contribution in [2.75, 3.05) is 13.2 Å². The van der Waals surface area contributed by atoms with Gasteiger partial charge >= 0.3 is 23.9 Å². The third-order valence-corrected chi connectivity index (χ3v) is 10.4. The minimum absolute atomic E-state index is 0.0187. The van der Waals surface area contributed by atoms with Gasteiger partial charge in [-0.25, -0.2) is 8.42 Å². The van der Waals surface area contributed by atoms with E-state index in [0.29, 0.717) is 0 Å². The Morgan fingerprint density at radius 2 is 1.54 bits per heavy atom. The summed E-state index contributed by atoms with van der Waals surface area (Å²) in [5.41, 5.74) is 1.87. The molecule has 1 aliphatic rings. The second kappa shape index (κ2) is 19.6. The van der Waals surface area contributed by atoms with Crippen molar-refractivity contribution in [2.24, 2.45) is 5.92 Å². The molecule has 0 bridgehead atoms. The van der Waals surface area contributed by atoms with E-state index in [9.17, 15) is 37.5 Å². The van der Waals surface area contributed by atoms with Crippen LogP contribution in [0.4, 0.5) is 0 Å². The molecule has 1 aliphatic heterocycles. The van der Waals surface area contributed by atoms with Gasteiger partial charge in [0.2, 0.25) is 15.9 Å². The molecule has 1 aromatic heterocycles. The van der Waals surface area contributed by atoms with Gasteiger partial charge in [0.15, 0.2) is 18.5 Å². The van der Waals surface area contributed by atoms with Crippen LogP contribution in [0.5, 0.6) is 0 Å². The highest BCUT2D eigenvalue weighted by Gasteiger charge is 2.51. The molecule has 56 heavy (non-hydrogen) atoms. The number of nitrogens with one attached hydrogen (secondary N) is 1. The van der Waals surface area contributed by atoms with Gasteiger partial charge in [-0.05, 0) is 35.6 Å². The van der Waals surface area contributed by atoms with Gasteiger partial charge in [-0.1, -0.05) is 61.5 Å². The van der Waals surface area contributed by atoms with E-state index in [-0.39, 0.29) is 43.3 Å². The molecular weight excluding hydrogens is 754 g/mol. The molecule has 18 nitrogen and oxygen atoms in total. The van der Waals surface area contributed by atoms with Gasteiger partial charge in [0.25, 0.3) is 0 Å². The molecule has 0 unspecified atom stereocenters. The molecule has 0 saturated carbocycles. The van der Waals surface area contributed by atoms with E-state index in [4.69, 9.17) is 23.7 Å². The van der Waals surface area contributed by atoms with Crippen LogP contribution in [0, 0.1) is 5.92 Å². The maximum atomic E-state index is 14.0. The number of carbonyl (C=O) groups excluding carboxylic acids is 4. The Hall–Kier alpha value is -5.24. The molecule has 1 fully saturated rings. The van der Waals surface area contributed by atoms with Crippen molar-refractivity contribution in [3.63, 3.8) is 0 Å². The van der Waals surface area contributed by atoms with Crippen LogP contribution >= 0.6 is 0 Å². The predicted octanol–water partition coefficient (Wildman–Crippen LogP) is 2.31. The number of aryl methyl sites for hydroxylation is 1. The van der Waals surface area contributed by atoms with Gasteiger partial charge in [-0.15, -0.1) is 5.10 Å². The summed E-state index contributed by atoms with van der Waals surface area (Å²) >= 11 is 0. The number of carboxylic acid groups (broad SMARTS) is 1. The molecule has 1 saturated heterocycles. The lowest BCUT2D eigenvalue weighted by atomic mass is 9.96. The molecule has 2 aromatic carbocycles. The fourth-order valence-electron chi connectivity index (χ4n) is 6.20. The Morgan fingerprint density at radius 3 is 2.11 bits per heavy atom. The summed E-state index contributed by atoms with van der Waals surface area (Å²) < 4.78 is 58.4. The van der Waals surface area contributed by atoms with Crippen molar-refractivity contribution in [2.45, 2.75) is 103 Å². The zero-order chi connectivity index (χ0) is 41.2. The average Bonchev–Trinajstić information content (AvgIpc) is 3.58. The summed E-state index contributed by atoms with van der Waals surface area (Å²) in [6.07, 6.45) is -3.18. The third-order valence-electron chi connectivity index (χ3n) is 8.55. The second-order valence-corrected chi connectivity index (χ2v) is 15.3. The Bertz CT molecular complexity index is 1940. The molecule has 3 aromatic rings. The van der Waals surface area contributed by atoms with Crippen LogP contribution in [0.3, 0.4) is 0 Å². The smallest absolute Gasteiger partial charge is 0.322 e. The molecule has 19 heteroatoms. The number of hydrogen-bond donors (Lipinski definition) is 2. The van der Waals surface area contributed by atoms with Gasteiger partial charge in [0.05, 0.1) is 23.7 Å². The number of rotatable bonds is 18. The van der Waals surface area contributed by atoms with Crippen molar-refractivity contribution >= 4 is 39.8 Å². The highest BCUT2D eigenvalue weighted by Crippen LogP contribution is 2.29. The van der Waals surface area contributed by atoms with Gasteiger partial charge < -0.3 is 34.1 Å². The fourth-order valence-corrected chi connectivity index (χ4v) is 7.88. The van der Waals surface area contributed by atoms with Crippen LogP contribution in [0.25, 0.3) is 11.1 Å². The SMILES string of the molecule is CC(=O)N[C@H]1[C@H](OCCCn2cc(CN([C@@H](C(=O)O)C(C)C)S(=O)(=O)c3ccc(-c4ccccc4)cc3)nn2)O[C@H](COC(C)=O)[C@@H](OC(C)=O)[C@@H]1OC(C)=O. The lowest BCUT2D eigenvalue weighted by Gasteiger charge is -2.44. The lowest BCUT2D eigenvalue weighted by molar-refractivity contribution is -0.278. The van der Waals surface area contributed by atoms with E-state index >= 15 is 0 Å². The third kappa shape index (κ3) is 11.6. The van der Waals surface area contributed by atoms with Crippen molar-refractivity contribution < 1.29 is 61.2 Å². The summed E-state index contributed by atoms with van der Waals surface area (Å²) in [6, 6.07) is 13.0. The standard InChI is InChI=1S/C37H47N5O13S/c1-22(2)33(36(47)48)42(56(49,50)30-15-13-28(14-16-30)27-11-8-7-9-12-27)20-29-19-41(40-39-29)17-10-18-51-37-32(38-23(3)43)35(54-26(6)46)34(53-25(5)45)31(55-37)21-52-24(4)44/h7-9,11-16,19,22,31-35,37H,10,17-18,20-21H2,1-6H3,(H,38,43)(H,47,48)/t31-,32-,33-,34-,35-,37-/m1/s1. The van der Waals surface area contributed by atoms with Crippen molar-refractivity contribution in [1.29, 1.82) is 0 Å². The second-order valence-electron chi connectivity index (χ2n) is 13.4. The first-order valence-electron chi connectivity index (χ1n) is 17.8. The fraction of sp³-hybridized carbons (Fsp3) is 0.486. The van der Waals surface area contributed by atoms with Gasteiger partial charge in [0, 0.05) is 40.4 Å². The number of carbonyl (C=O) groups is 5. The molecule has 0 aliphatic carbocycles. The van der Waals surface area contributed by atoms with Crippen LogP contribution in [0.2, 0.25) is 0 Å². The van der Waals surface area contributed by atoms with Crippen LogP contribution < -0.4 is 5.32 Å². The number of aliphatic carboxylic acids is 1. The first kappa shape index (κ1) is 43.5. The maximum absolute atomic E-state index is 14.0. The van der Waals surface area contributed by atoms with Crippen LogP contribution in [0.1, 0.15) is 53.7 Å². The Morgan fingerprint density at radius 1 is 0.911 bits per heavy atom. The first-order chi connectivity index (χ1) is 26.5. The molecule has 304 valence electrons.